The van der Waals surface area contributed by atoms with E-state index in [-0.39, 0.29) is 0 Å². The van der Waals surface area contributed by atoms with Crippen molar-refractivity contribution in [1.82, 2.24) is 0 Å². The van der Waals surface area contributed by atoms with E-state index in [1.807, 2.05) is 0 Å². The summed E-state index contributed by atoms with van der Waals surface area (Å²) < 4.78 is 1.18. The lowest BCUT2D eigenvalue weighted by Crippen LogP contribution is -2.07. The summed E-state index contributed by atoms with van der Waals surface area (Å²) in [5.41, 5.74) is 1.51. The van der Waals surface area contributed by atoms with E-state index in [9.17, 15) is 0 Å². The van der Waals surface area contributed by atoms with Crippen molar-refractivity contribution >= 4 is 22.2 Å². The molecule has 0 aliphatic heterocycles. The molecular formula is C12H15BrO. The molecule has 0 N–H and O–H groups in total. The molecule has 0 atom stereocenters. The maximum absolute atomic E-state index is 8.81. The Morgan fingerprint density at radius 2 is 1.79 bits per heavy atom. The van der Waals surface area contributed by atoms with Gasteiger partial charge in [-0.25, -0.2) is 0 Å². The third-order valence-electron chi connectivity index (χ3n) is 2.45. The third kappa shape index (κ3) is 3.26. The van der Waals surface area contributed by atoms with E-state index in [1.165, 1.54) is 36.2 Å². The van der Waals surface area contributed by atoms with Crippen molar-refractivity contribution in [1.29, 1.82) is 0 Å². The summed E-state index contributed by atoms with van der Waals surface area (Å²) in [6, 6.07) is 8.73. The molecule has 0 spiro atoms. The molecule has 1 aliphatic rings. The van der Waals surface area contributed by atoms with E-state index >= 15 is 0 Å². The van der Waals surface area contributed by atoms with Crippen LogP contribution in [0.3, 0.4) is 0 Å². The molecule has 1 fully saturated rings. The summed E-state index contributed by atoms with van der Waals surface area (Å²) in [7, 11) is 0. The highest BCUT2D eigenvalue weighted by Crippen LogP contribution is 2.36. The number of hydrogen-bond acceptors (Lipinski definition) is 1. The van der Waals surface area contributed by atoms with Crippen LogP contribution < -0.4 is 0 Å². The second kappa shape index (κ2) is 5.97. The summed E-state index contributed by atoms with van der Waals surface area (Å²) >= 11 is 3.43. The van der Waals surface area contributed by atoms with Crippen LogP contribution in [0.25, 0.3) is 0 Å². The standard InChI is InChI=1S/C10H11Br.C2H4O/c11-10-6-4-9(5-7-10)8-2-1-3-8;1-2-3/h4-8H,1-3H2;2H,1H3. The molecule has 0 aromatic heterocycles. The van der Waals surface area contributed by atoms with Gasteiger partial charge in [-0.3, -0.25) is 0 Å². The van der Waals surface area contributed by atoms with Crippen LogP contribution in [0.4, 0.5) is 0 Å². The summed E-state index contributed by atoms with van der Waals surface area (Å²) in [4.78, 5) is 8.81. The first-order valence-corrected chi connectivity index (χ1v) is 5.72. The second-order valence-corrected chi connectivity index (χ2v) is 4.33. The van der Waals surface area contributed by atoms with Crippen LogP contribution in [0, 0.1) is 0 Å². The number of halogens is 1. The molecule has 0 heterocycles. The average molecular weight is 255 g/mol. The number of aldehydes is 1. The molecule has 0 amide bonds. The lowest BCUT2D eigenvalue weighted by molar-refractivity contribution is -0.106. The highest BCUT2D eigenvalue weighted by molar-refractivity contribution is 9.10. The van der Waals surface area contributed by atoms with Gasteiger partial charge in [0.2, 0.25) is 0 Å². The Morgan fingerprint density at radius 3 is 2.14 bits per heavy atom. The average Bonchev–Trinajstić information content (AvgIpc) is 2.07. The van der Waals surface area contributed by atoms with Gasteiger partial charge in [-0.15, -0.1) is 0 Å². The zero-order chi connectivity index (χ0) is 10.4. The van der Waals surface area contributed by atoms with E-state index in [2.05, 4.69) is 40.2 Å². The Kier molecular flexibility index (Phi) is 4.88. The van der Waals surface area contributed by atoms with Crippen LogP contribution in [-0.4, -0.2) is 6.29 Å². The fourth-order valence-electron chi connectivity index (χ4n) is 1.48. The van der Waals surface area contributed by atoms with E-state index in [0.717, 1.165) is 12.2 Å². The van der Waals surface area contributed by atoms with Gasteiger partial charge in [0.05, 0.1) is 0 Å². The van der Waals surface area contributed by atoms with Crippen LogP contribution in [0.5, 0.6) is 0 Å². The molecular weight excluding hydrogens is 240 g/mol. The van der Waals surface area contributed by atoms with Gasteiger partial charge in [-0.05, 0) is 43.4 Å². The molecule has 1 nitrogen and oxygen atoms in total. The van der Waals surface area contributed by atoms with Gasteiger partial charge in [0.15, 0.2) is 0 Å². The minimum Gasteiger partial charge on any atom is -0.304 e. The summed E-state index contributed by atoms with van der Waals surface area (Å²) in [6.07, 6.45) is 4.95. The van der Waals surface area contributed by atoms with Gasteiger partial charge >= 0.3 is 0 Å². The number of hydrogen-bond donors (Lipinski definition) is 0. The lowest BCUT2D eigenvalue weighted by atomic mass is 9.80. The number of carbonyl (C=O) groups is 1. The highest BCUT2D eigenvalue weighted by atomic mass is 79.9. The molecule has 0 saturated heterocycles. The zero-order valence-electron chi connectivity index (χ0n) is 8.37. The van der Waals surface area contributed by atoms with Gasteiger partial charge in [0.25, 0.3) is 0 Å². The van der Waals surface area contributed by atoms with E-state index in [0.29, 0.717) is 0 Å². The number of carbonyl (C=O) groups excluding carboxylic acids is 1. The normalized spacial score (nSPS) is 15.0. The first-order chi connectivity index (χ1) is 6.77. The Balaban J connectivity index is 0.000000293. The molecule has 2 rings (SSSR count). The fourth-order valence-corrected chi connectivity index (χ4v) is 1.74. The molecule has 0 bridgehead atoms. The van der Waals surface area contributed by atoms with Crippen molar-refractivity contribution in [3.8, 4) is 0 Å². The topological polar surface area (TPSA) is 17.1 Å². The third-order valence-corrected chi connectivity index (χ3v) is 2.98. The van der Waals surface area contributed by atoms with Gasteiger partial charge < -0.3 is 4.79 Å². The summed E-state index contributed by atoms with van der Waals surface area (Å²) in [6.45, 7) is 1.44. The molecule has 0 radical (unpaired) electrons. The molecule has 2 heteroatoms. The molecule has 1 aromatic carbocycles. The van der Waals surface area contributed by atoms with Crippen molar-refractivity contribution in [2.75, 3.05) is 0 Å². The number of benzene rings is 1. The van der Waals surface area contributed by atoms with Crippen molar-refractivity contribution < 1.29 is 4.79 Å². The fraction of sp³-hybridized carbons (Fsp3) is 0.417. The SMILES string of the molecule is Brc1ccc(C2CCC2)cc1.CC=O. The van der Waals surface area contributed by atoms with E-state index in [4.69, 9.17) is 4.79 Å². The molecule has 1 aromatic rings. The minimum atomic E-state index is 0.750. The van der Waals surface area contributed by atoms with Crippen molar-refractivity contribution in [3.63, 3.8) is 0 Å². The minimum absolute atomic E-state index is 0.750. The number of rotatable bonds is 1. The van der Waals surface area contributed by atoms with Crippen LogP contribution in [-0.2, 0) is 4.79 Å². The van der Waals surface area contributed by atoms with E-state index in [1.54, 1.807) is 0 Å². The monoisotopic (exact) mass is 254 g/mol. The second-order valence-electron chi connectivity index (χ2n) is 3.42. The smallest absolute Gasteiger partial charge is 0.116 e. The van der Waals surface area contributed by atoms with Crippen LogP contribution in [0.15, 0.2) is 28.7 Å². The molecule has 0 unspecified atom stereocenters. The molecule has 1 aliphatic carbocycles. The predicted octanol–water partition coefficient (Wildman–Crippen LogP) is 3.92. The van der Waals surface area contributed by atoms with Gasteiger partial charge in [-0.2, -0.15) is 0 Å². The van der Waals surface area contributed by atoms with Gasteiger partial charge in [-0.1, -0.05) is 34.5 Å². The van der Waals surface area contributed by atoms with Crippen LogP contribution >= 0.6 is 15.9 Å². The quantitative estimate of drug-likeness (QED) is 0.695. The molecule has 14 heavy (non-hydrogen) atoms. The Labute approximate surface area is 93.7 Å². The largest absolute Gasteiger partial charge is 0.304 e. The summed E-state index contributed by atoms with van der Waals surface area (Å²) in [5, 5.41) is 0. The van der Waals surface area contributed by atoms with Gasteiger partial charge in [0, 0.05) is 4.47 Å². The van der Waals surface area contributed by atoms with E-state index < -0.39 is 0 Å². The maximum atomic E-state index is 8.81. The Morgan fingerprint density at radius 1 is 1.29 bits per heavy atom. The van der Waals surface area contributed by atoms with Crippen LogP contribution in [0.1, 0.15) is 37.7 Å². The van der Waals surface area contributed by atoms with Crippen molar-refractivity contribution in [2.24, 2.45) is 0 Å². The summed E-state index contributed by atoms with van der Waals surface area (Å²) in [5.74, 6) is 0.864. The maximum Gasteiger partial charge on any atom is 0.116 e. The zero-order valence-corrected chi connectivity index (χ0v) is 9.96. The Hall–Kier alpha value is -0.630. The molecule has 1 saturated carbocycles. The lowest BCUT2D eigenvalue weighted by Gasteiger charge is -2.25. The van der Waals surface area contributed by atoms with Crippen LogP contribution in [0.2, 0.25) is 0 Å². The predicted molar refractivity (Wildman–Crippen MR) is 62.5 cm³/mol. The Bertz CT molecular complexity index is 275. The van der Waals surface area contributed by atoms with Crippen molar-refractivity contribution in [2.45, 2.75) is 32.1 Å². The highest BCUT2D eigenvalue weighted by Gasteiger charge is 2.18. The van der Waals surface area contributed by atoms with Gasteiger partial charge in [0.1, 0.15) is 6.29 Å². The molecule has 76 valence electrons. The first-order valence-electron chi connectivity index (χ1n) is 4.93. The first kappa shape index (κ1) is 11.4. The van der Waals surface area contributed by atoms with Crippen molar-refractivity contribution in [3.05, 3.63) is 34.3 Å².